The average molecular weight is 245 g/mol. The molecule has 0 atom stereocenters. The van der Waals surface area contributed by atoms with Gasteiger partial charge in [-0.05, 0) is 12.1 Å². The number of aromatic nitrogens is 3. The maximum atomic E-state index is 4.47. The van der Waals surface area contributed by atoms with Gasteiger partial charge in [0, 0.05) is 28.0 Å². The van der Waals surface area contributed by atoms with Crippen LogP contribution in [0.15, 0.2) is 61.1 Å². The van der Waals surface area contributed by atoms with E-state index in [2.05, 4.69) is 33.2 Å². The van der Waals surface area contributed by atoms with Crippen LogP contribution in [0, 0.1) is 0 Å². The molecule has 0 unspecified atom stereocenters. The molecule has 2 heterocycles. The predicted molar refractivity (Wildman–Crippen MR) is 76.8 cm³/mol. The topological polar surface area (TPSA) is 41.6 Å². The number of nitrogens with zero attached hydrogens (tertiary/aromatic N) is 2. The molecular formula is C16H11N3. The minimum Gasteiger partial charge on any atom is -0.360 e. The molecule has 2 aromatic carbocycles. The third-order valence-corrected chi connectivity index (χ3v) is 3.39. The first-order chi connectivity index (χ1) is 9.43. The first-order valence-electron chi connectivity index (χ1n) is 6.20. The van der Waals surface area contributed by atoms with Crippen molar-refractivity contribution in [2.45, 2.75) is 0 Å². The zero-order chi connectivity index (χ0) is 12.7. The maximum absolute atomic E-state index is 4.47. The van der Waals surface area contributed by atoms with Crippen LogP contribution in [0.1, 0.15) is 0 Å². The molecule has 4 rings (SSSR count). The normalized spacial score (nSPS) is 11.2. The van der Waals surface area contributed by atoms with Crippen molar-refractivity contribution in [3.05, 3.63) is 61.1 Å². The summed E-state index contributed by atoms with van der Waals surface area (Å²) >= 11 is 0. The largest absolute Gasteiger partial charge is 0.360 e. The maximum Gasteiger partial charge on any atom is 0.116 e. The van der Waals surface area contributed by atoms with Gasteiger partial charge in [-0.25, -0.2) is 9.97 Å². The lowest BCUT2D eigenvalue weighted by atomic mass is 10.1. The van der Waals surface area contributed by atoms with E-state index in [-0.39, 0.29) is 0 Å². The van der Waals surface area contributed by atoms with Crippen LogP contribution in [0.25, 0.3) is 33.1 Å². The number of fused-ring (bicyclic) bond motifs is 2. The average Bonchev–Trinajstić information content (AvgIpc) is 2.90. The van der Waals surface area contributed by atoms with Gasteiger partial charge in [-0.3, -0.25) is 0 Å². The molecule has 0 amide bonds. The van der Waals surface area contributed by atoms with Crippen LogP contribution >= 0.6 is 0 Å². The molecule has 3 heteroatoms. The van der Waals surface area contributed by atoms with Crippen LogP contribution < -0.4 is 0 Å². The van der Waals surface area contributed by atoms with Gasteiger partial charge in [0.25, 0.3) is 0 Å². The van der Waals surface area contributed by atoms with E-state index in [1.165, 1.54) is 5.39 Å². The minimum absolute atomic E-state index is 0.970. The first-order valence-corrected chi connectivity index (χ1v) is 6.20. The molecule has 0 fully saturated rings. The van der Waals surface area contributed by atoms with Gasteiger partial charge in [0.1, 0.15) is 6.33 Å². The number of nitrogens with one attached hydrogen (secondary N) is 1. The summed E-state index contributed by atoms with van der Waals surface area (Å²) in [6.07, 6.45) is 3.64. The van der Waals surface area contributed by atoms with Gasteiger partial charge < -0.3 is 4.98 Å². The molecule has 3 nitrogen and oxygen atoms in total. The number of rotatable bonds is 1. The van der Waals surface area contributed by atoms with Gasteiger partial charge in [0.2, 0.25) is 0 Å². The third kappa shape index (κ3) is 1.52. The fourth-order valence-corrected chi connectivity index (χ4v) is 2.49. The summed E-state index contributed by atoms with van der Waals surface area (Å²) in [6.45, 7) is 0. The van der Waals surface area contributed by atoms with Crippen molar-refractivity contribution in [2.75, 3.05) is 0 Å². The molecule has 2 aromatic heterocycles. The Bertz CT molecular complexity index is 872. The van der Waals surface area contributed by atoms with Crippen LogP contribution in [0.2, 0.25) is 0 Å². The van der Waals surface area contributed by atoms with E-state index >= 15 is 0 Å². The molecule has 0 spiro atoms. The van der Waals surface area contributed by atoms with Gasteiger partial charge in [0.15, 0.2) is 0 Å². The smallest absolute Gasteiger partial charge is 0.116 e. The molecule has 4 aromatic rings. The van der Waals surface area contributed by atoms with Gasteiger partial charge in [-0.1, -0.05) is 36.4 Å². The Morgan fingerprint density at radius 1 is 0.789 bits per heavy atom. The Balaban J connectivity index is 2.10. The molecular weight excluding hydrogens is 234 g/mol. The quantitative estimate of drug-likeness (QED) is 0.554. The second-order valence-electron chi connectivity index (χ2n) is 4.49. The van der Waals surface area contributed by atoms with E-state index in [9.17, 15) is 0 Å². The van der Waals surface area contributed by atoms with E-state index in [0.717, 1.165) is 27.7 Å². The summed E-state index contributed by atoms with van der Waals surface area (Å²) < 4.78 is 0. The molecule has 0 saturated heterocycles. The Morgan fingerprint density at radius 3 is 2.53 bits per heavy atom. The summed E-state index contributed by atoms with van der Waals surface area (Å²) in [5.74, 6) is 0. The van der Waals surface area contributed by atoms with Crippen molar-refractivity contribution in [3.8, 4) is 11.3 Å². The van der Waals surface area contributed by atoms with Gasteiger partial charge in [0.05, 0.1) is 11.2 Å². The van der Waals surface area contributed by atoms with Crippen molar-refractivity contribution < 1.29 is 0 Å². The molecule has 0 saturated carbocycles. The fraction of sp³-hybridized carbons (Fsp3) is 0. The molecule has 0 aliphatic heterocycles. The van der Waals surface area contributed by atoms with Crippen LogP contribution in [0.3, 0.4) is 0 Å². The Hall–Kier alpha value is -2.68. The Labute approximate surface area is 110 Å². The van der Waals surface area contributed by atoms with Crippen molar-refractivity contribution in [2.24, 2.45) is 0 Å². The predicted octanol–water partition coefficient (Wildman–Crippen LogP) is 3.78. The molecule has 0 aliphatic carbocycles. The zero-order valence-electron chi connectivity index (χ0n) is 10.2. The standard InChI is InChI=1S/C16H11N3/c1-3-7-14-11(5-1)13(9-17-14)16-12-6-2-4-8-15(12)18-10-19-16/h1-10,17H. The van der Waals surface area contributed by atoms with Crippen LogP contribution in [0.5, 0.6) is 0 Å². The molecule has 1 N–H and O–H groups in total. The monoisotopic (exact) mass is 245 g/mol. The minimum atomic E-state index is 0.970. The highest BCUT2D eigenvalue weighted by atomic mass is 14.8. The number of hydrogen-bond donors (Lipinski definition) is 1. The van der Waals surface area contributed by atoms with E-state index < -0.39 is 0 Å². The summed E-state index contributed by atoms with van der Waals surface area (Å²) in [7, 11) is 0. The number of benzene rings is 2. The lowest BCUT2D eigenvalue weighted by Crippen LogP contribution is -1.87. The van der Waals surface area contributed by atoms with Crippen LogP contribution in [0.4, 0.5) is 0 Å². The van der Waals surface area contributed by atoms with Crippen molar-refractivity contribution in [1.82, 2.24) is 15.0 Å². The number of aromatic amines is 1. The first kappa shape index (κ1) is 10.3. The lowest BCUT2D eigenvalue weighted by molar-refractivity contribution is 1.23. The molecule has 19 heavy (non-hydrogen) atoms. The fourth-order valence-electron chi connectivity index (χ4n) is 2.49. The highest BCUT2D eigenvalue weighted by Gasteiger charge is 2.10. The van der Waals surface area contributed by atoms with Gasteiger partial charge in [-0.2, -0.15) is 0 Å². The van der Waals surface area contributed by atoms with E-state index in [1.807, 2.05) is 36.5 Å². The van der Waals surface area contributed by atoms with Crippen molar-refractivity contribution >= 4 is 21.8 Å². The Morgan fingerprint density at radius 2 is 1.58 bits per heavy atom. The zero-order valence-corrected chi connectivity index (χ0v) is 10.2. The van der Waals surface area contributed by atoms with Crippen LogP contribution in [-0.4, -0.2) is 15.0 Å². The molecule has 90 valence electrons. The SMILES string of the molecule is c1ccc2c(-c3c[nH]c4ccccc34)ncnc2c1. The summed E-state index contributed by atoms with van der Waals surface area (Å²) in [6, 6.07) is 16.3. The van der Waals surface area contributed by atoms with E-state index in [0.29, 0.717) is 0 Å². The summed E-state index contributed by atoms with van der Waals surface area (Å²) in [5, 5.41) is 2.26. The number of para-hydroxylation sites is 2. The highest BCUT2D eigenvalue weighted by Crippen LogP contribution is 2.31. The summed E-state index contributed by atoms with van der Waals surface area (Å²) in [4.78, 5) is 12.1. The van der Waals surface area contributed by atoms with E-state index in [1.54, 1.807) is 6.33 Å². The second kappa shape index (κ2) is 3.92. The molecule has 0 bridgehead atoms. The molecule has 0 aliphatic rings. The summed E-state index contributed by atoms with van der Waals surface area (Å²) in [5.41, 5.74) is 4.19. The second-order valence-corrected chi connectivity index (χ2v) is 4.49. The number of H-pyrrole nitrogens is 1. The Kier molecular flexibility index (Phi) is 2.12. The van der Waals surface area contributed by atoms with Gasteiger partial charge in [-0.15, -0.1) is 0 Å². The lowest BCUT2D eigenvalue weighted by Gasteiger charge is -2.03. The third-order valence-electron chi connectivity index (χ3n) is 3.39. The van der Waals surface area contributed by atoms with E-state index in [4.69, 9.17) is 0 Å². The van der Waals surface area contributed by atoms with Crippen molar-refractivity contribution in [3.63, 3.8) is 0 Å². The van der Waals surface area contributed by atoms with Gasteiger partial charge >= 0.3 is 0 Å². The van der Waals surface area contributed by atoms with Crippen molar-refractivity contribution in [1.29, 1.82) is 0 Å². The number of hydrogen-bond acceptors (Lipinski definition) is 2. The van der Waals surface area contributed by atoms with Crippen LogP contribution in [-0.2, 0) is 0 Å². The molecule has 0 radical (unpaired) electrons. The highest BCUT2D eigenvalue weighted by molar-refractivity contribution is 6.02.